The Balaban J connectivity index is 1.48. The van der Waals surface area contributed by atoms with Gasteiger partial charge < -0.3 is 19.8 Å². The molecule has 1 aromatic heterocycles. The van der Waals surface area contributed by atoms with E-state index in [1.54, 1.807) is 30.5 Å². The lowest BCUT2D eigenvalue weighted by Crippen LogP contribution is -2.21. The van der Waals surface area contributed by atoms with E-state index in [2.05, 4.69) is 10.3 Å². The molecule has 0 aliphatic rings. The van der Waals surface area contributed by atoms with Crippen LogP contribution in [0.3, 0.4) is 0 Å². The van der Waals surface area contributed by atoms with E-state index in [9.17, 15) is 9.59 Å². The minimum Gasteiger partial charge on any atom is -0.494 e. The molecular weight excluding hydrogens is 332 g/mol. The van der Waals surface area contributed by atoms with Crippen molar-refractivity contribution in [2.75, 3.05) is 18.5 Å². The zero-order valence-electron chi connectivity index (χ0n) is 14.5. The average molecular weight is 352 g/mol. The molecule has 1 heterocycles. The van der Waals surface area contributed by atoms with Crippen molar-refractivity contribution >= 4 is 28.5 Å². The summed E-state index contributed by atoms with van der Waals surface area (Å²) in [5.74, 6) is -0.103. The lowest BCUT2D eigenvalue weighted by atomic mass is 10.1. The summed E-state index contributed by atoms with van der Waals surface area (Å²) < 4.78 is 10.4. The highest BCUT2D eigenvalue weighted by Crippen LogP contribution is 2.18. The van der Waals surface area contributed by atoms with Crippen molar-refractivity contribution in [1.29, 1.82) is 0 Å². The number of amides is 1. The quantitative estimate of drug-likeness (QED) is 0.640. The van der Waals surface area contributed by atoms with Crippen molar-refractivity contribution in [3.8, 4) is 5.75 Å². The minimum atomic E-state index is -0.448. The van der Waals surface area contributed by atoms with Crippen LogP contribution < -0.4 is 10.1 Å². The molecule has 0 saturated heterocycles. The van der Waals surface area contributed by atoms with Crippen LogP contribution in [0.5, 0.6) is 5.75 Å². The van der Waals surface area contributed by atoms with Crippen LogP contribution in [0.15, 0.2) is 54.7 Å². The molecule has 0 aliphatic heterocycles. The van der Waals surface area contributed by atoms with Gasteiger partial charge in [0.2, 0.25) is 0 Å². The molecule has 0 fully saturated rings. The van der Waals surface area contributed by atoms with Gasteiger partial charge in [-0.1, -0.05) is 18.2 Å². The van der Waals surface area contributed by atoms with Gasteiger partial charge in [0.15, 0.2) is 6.61 Å². The molecule has 0 bridgehead atoms. The number of anilines is 1. The third-order valence-electron chi connectivity index (χ3n) is 3.82. The molecule has 0 unspecified atom stereocenters. The molecule has 6 heteroatoms. The van der Waals surface area contributed by atoms with Gasteiger partial charge in [-0.05, 0) is 42.8 Å². The number of ether oxygens (including phenoxy) is 2. The highest BCUT2D eigenvalue weighted by Gasteiger charge is 2.12. The summed E-state index contributed by atoms with van der Waals surface area (Å²) in [5, 5.41) is 3.65. The van der Waals surface area contributed by atoms with Crippen LogP contribution in [0.4, 0.5) is 5.69 Å². The Morgan fingerprint density at radius 3 is 2.62 bits per heavy atom. The highest BCUT2D eigenvalue weighted by molar-refractivity contribution is 5.93. The topological polar surface area (TPSA) is 80.4 Å². The number of benzene rings is 2. The summed E-state index contributed by atoms with van der Waals surface area (Å²) >= 11 is 0. The minimum absolute atomic E-state index is 0.111. The first-order valence-corrected chi connectivity index (χ1v) is 8.39. The Bertz CT molecular complexity index is 900. The zero-order chi connectivity index (χ0) is 18.4. The lowest BCUT2D eigenvalue weighted by Gasteiger charge is -2.08. The summed E-state index contributed by atoms with van der Waals surface area (Å²) in [6.45, 7) is 2.16. The fraction of sp³-hybridized carbons (Fsp3) is 0.200. The van der Waals surface area contributed by atoms with E-state index in [0.29, 0.717) is 12.3 Å². The van der Waals surface area contributed by atoms with Gasteiger partial charge in [-0.3, -0.25) is 9.59 Å². The number of fused-ring (bicyclic) bond motifs is 1. The van der Waals surface area contributed by atoms with Crippen molar-refractivity contribution in [1.82, 2.24) is 4.98 Å². The number of carbonyl (C=O) groups excluding carboxylic acids is 2. The van der Waals surface area contributed by atoms with E-state index in [0.717, 1.165) is 22.2 Å². The molecule has 134 valence electrons. The van der Waals surface area contributed by atoms with Crippen molar-refractivity contribution in [2.24, 2.45) is 0 Å². The van der Waals surface area contributed by atoms with Gasteiger partial charge in [0.1, 0.15) is 5.75 Å². The van der Waals surface area contributed by atoms with E-state index < -0.39 is 5.97 Å². The lowest BCUT2D eigenvalue weighted by molar-refractivity contribution is -0.146. The molecule has 26 heavy (non-hydrogen) atoms. The van der Waals surface area contributed by atoms with Crippen LogP contribution in [0.1, 0.15) is 12.5 Å². The molecule has 0 aliphatic carbocycles. The molecule has 0 spiro atoms. The molecule has 3 rings (SSSR count). The molecule has 6 nitrogen and oxygen atoms in total. The predicted octanol–water partition coefficient (Wildman–Crippen LogP) is 3.29. The largest absolute Gasteiger partial charge is 0.494 e. The maximum Gasteiger partial charge on any atom is 0.310 e. The summed E-state index contributed by atoms with van der Waals surface area (Å²) in [4.78, 5) is 27.0. The summed E-state index contributed by atoms with van der Waals surface area (Å²) in [6, 6.07) is 14.7. The second-order valence-corrected chi connectivity index (χ2v) is 5.70. The summed E-state index contributed by atoms with van der Waals surface area (Å²) in [5.41, 5.74) is 2.42. The molecule has 3 aromatic rings. The van der Waals surface area contributed by atoms with Crippen LogP contribution in [0.25, 0.3) is 10.9 Å². The van der Waals surface area contributed by atoms with Gasteiger partial charge in [-0.15, -0.1) is 0 Å². The molecular formula is C20H20N2O4. The van der Waals surface area contributed by atoms with Gasteiger partial charge in [-0.2, -0.15) is 0 Å². The second kappa shape index (κ2) is 8.20. The number of nitrogens with one attached hydrogen (secondary N) is 2. The first-order chi connectivity index (χ1) is 12.7. The Labute approximate surface area is 151 Å². The molecule has 0 saturated carbocycles. The molecule has 0 radical (unpaired) electrons. The number of rotatable bonds is 7. The predicted molar refractivity (Wildman–Crippen MR) is 99.2 cm³/mol. The Kier molecular flexibility index (Phi) is 5.53. The summed E-state index contributed by atoms with van der Waals surface area (Å²) in [7, 11) is 0. The van der Waals surface area contributed by atoms with Crippen LogP contribution in [-0.2, 0) is 20.7 Å². The van der Waals surface area contributed by atoms with E-state index in [1.165, 1.54) is 0 Å². The number of carbonyl (C=O) groups is 2. The van der Waals surface area contributed by atoms with Crippen molar-refractivity contribution in [3.63, 3.8) is 0 Å². The average Bonchev–Trinajstić information content (AvgIpc) is 3.05. The SMILES string of the molecule is CCOc1ccc(NC(=O)COC(=O)Cc2c[nH]c3ccccc23)cc1. The Morgan fingerprint density at radius 2 is 1.85 bits per heavy atom. The Morgan fingerprint density at radius 1 is 1.08 bits per heavy atom. The Hall–Kier alpha value is -3.28. The fourth-order valence-corrected chi connectivity index (χ4v) is 2.63. The van der Waals surface area contributed by atoms with Crippen LogP contribution >= 0.6 is 0 Å². The first kappa shape index (κ1) is 17.5. The number of para-hydroxylation sites is 1. The maximum atomic E-state index is 12.0. The first-order valence-electron chi connectivity index (χ1n) is 8.39. The van der Waals surface area contributed by atoms with E-state index in [1.807, 2.05) is 31.2 Å². The number of hydrogen-bond donors (Lipinski definition) is 2. The standard InChI is InChI=1S/C20H20N2O4/c1-2-25-16-9-7-15(8-10-16)22-19(23)13-26-20(24)11-14-12-21-18-6-4-3-5-17(14)18/h3-10,12,21H,2,11,13H2,1H3,(H,22,23). The van der Waals surface area contributed by atoms with Gasteiger partial charge in [0.25, 0.3) is 5.91 Å². The van der Waals surface area contributed by atoms with Crippen LogP contribution in [0.2, 0.25) is 0 Å². The van der Waals surface area contributed by atoms with Gasteiger partial charge in [0.05, 0.1) is 13.0 Å². The monoisotopic (exact) mass is 352 g/mol. The van der Waals surface area contributed by atoms with Gasteiger partial charge >= 0.3 is 5.97 Å². The number of hydrogen-bond acceptors (Lipinski definition) is 4. The van der Waals surface area contributed by atoms with Crippen molar-refractivity contribution < 1.29 is 19.1 Å². The highest BCUT2D eigenvalue weighted by atomic mass is 16.5. The number of H-pyrrole nitrogens is 1. The van der Waals surface area contributed by atoms with E-state index in [-0.39, 0.29) is 18.9 Å². The molecule has 1 amide bonds. The zero-order valence-corrected chi connectivity index (χ0v) is 14.5. The number of aromatic nitrogens is 1. The fourth-order valence-electron chi connectivity index (χ4n) is 2.63. The maximum absolute atomic E-state index is 12.0. The molecule has 2 N–H and O–H groups in total. The summed E-state index contributed by atoms with van der Waals surface area (Å²) in [6.07, 6.45) is 1.90. The van der Waals surface area contributed by atoms with Crippen LogP contribution in [0, 0.1) is 0 Å². The smallest absolute Gasteiger partial charge is 0.310 e. The molecule has 2 aromatic carbocycles. The number of aromatic amines is 1. The third kappa shape index (κ3) is 4.42. The number of esters is 1. The molecule has 0 atom stereocenters. The van der Waals surface area contributed by atoms with Gasteiger partial charge in [0, 0.05) is 22.8 Å². The van der Waals surface area contributed by atoms with Crippen molar-refractivity contribution in [3.05, 3.63) is 60.3 Å². The third-order valence-corrected chi connectivity index (χ3v) is 3.82. The van der Waals surface area contributed by atoms with Gasteiger partial charge in [-0.25, -0.2) is 0 Å². The van der Waals surface area contributed by atoms with Crippen LogP contribution in [-0.4, -0.2) is 30.1 Å². The second-order valence-electron chi connectivity index (χ2n) is 5.70. The normalized spacial score (nSPS) is 10.5. The van der Waals surface area contributed by atoms with E-state index in [4.69, 9.17) is 9.47 Å². The van der Waals surface area contributed by atoms with Crippen molar-refractivity contribution in [2.45, 2.75) is 13.3 Å². The van der Waals surface area contributed by atoms with E-state index >= 15 is 0 Å².